The topological polar surface area (TPSA) is 87.7 Å². The van der Waals surface area contributed by atoms with Gasteiger partial charge in [0.15, 0.2) is 0 Å². The minimum Gasteiger partial charge on any atom is -0.444 e. The number of benzene rings is 1. The van der Waals surface area contributed by atoms with Crippen LogP contribution in [0.25, 0.3) is 0 Å². The summed E-state index contributed by atoms with van der Waals surface area (Å²) in [6.45, 7) is 17.6. The second-order valence-electron chi connectivity index (χ2n) is 11.7. The summed E-state index contributed by atoms with van der Waals surface area (Å²) < 4.78 is 5.46. The molecule has 2 N–H and O–H groups in total. The van der Waals surface area contributed by atoms with Crippen LogP contribution >= 0.6 is 11.8 Å². The van der Waals surface area contributed by atoms with Crippen molar-refractivity contribution in [1.82, 2.24) is 15.5 Å². The molecule has 1 aromatic carbocycles. The van der Waals surface area contributed by atoms with Gasteiger partial charge in [-0.2, -0.15) is 11.8 Å². The minimum absolute atomic E-state index is 0.231. The predicted molar refractivity (Wildman–Crippen MR) is 154 cm³/mol. The van der Waals surface area contributed by atoms with Gasteiger partial charge in [0.1, 0.15) is 17.7 Å². The molecule has 2 atom stereocenters. The number of nitrogens with zero attached hydrogens (tertiary/aromatic N) is 1. The Kier molecular flexibility index (Phi) is 13.0. The molecular formula is C29H49N3O4S. The third kappa shape index (κ3) is 11.8. The number of carbonyl (C=O) groups is 3. The van der Waals surface area contributed by atoms with Crippen molar-refractivity contribution in [1.29, 1.82) is 0 Å². The molecule has 1 aromatic rings. The molecule has 0 aromatic heterocycles. The molecule has 0 saturated heterocycles. The zero-order valence-corrected chi connectivity index (χ0v) is 25.4. The number of rotatable bonds is 12. The van der Waals surface area contributed by atoms with E-state index in [1.165, 1.54) is 0 Å². The van der Waals surface area contributed by atoms with Crippen molar-refractivity contribution >= 4 is 29.7 Å². The van der Waals surface area contributed by atoms with Gasteiger partial charge < -0.3 is 20.3 Å². The molecular weight excluding hydrogens is 486 g/mol. The quantitative estimate of drug-likeness (QED) is 0.324. The molecule has 0 bridgehead atoms. The first kappa shape index (κ1) is 32.8. The molecule has 0 aliphatic heterocycles. The third-order valence-corrected chi connectivity index (χ3v) is 6.31. The van der Waals surface area contributed by atoms with E-state index in [-0.39, 0.29) is 11.8 Å². The first-order valence-corrected chi connectivity index (χ1v) is 14.7. The number of unbranched alkanes of at least 4 members (excludes halogenated alkanes) is 2. The average Bonchev–Trinajstić information content (AvgIpc) is 2.74. The minimum atomic E-state index is -0.818. The number of amides is 3. The van der Waals surface area contributed by atoms with Crippen LogP contribution < -0.4 is 10.6 Å². The van der Waals surface area contributed by atoms with Crippen molar-refractivity contribution in [2.75, 3.05) is 18.6 Å². The molecule has 0 spiro atoms. The van der Waals surface area contributed by atoms with Crippen LogP contribution in [0.4, 0.5) is 4.79 Å². The van der Waals surface area contributed by atoms with Gasteiger partial charge in [-0.25, -0.2) is 4.79 Å². The van der Waals surface area contributed by atoms with Gasteiger partial charge in [-0.3, -0.25) is 9.59 Å². The van der Waals surface area contributed by atoms with E-state index in [1.54, 1.807) is 37.4 Å². The van der Waals surface area contributed by atoms with Crippen molar-refractivity contribution in [2.45, 2.75) is 111 Å². The van der Waals surface area contributed by atoms with E-state index in [2.05, 4.69) is 17.6 Å². The number of alkyl carbamates (subject to hydrolysis) is 1. The highest BCUT2D eigenvalue weighted by Crippen LogP contribution is 2.28. The molecule has 7 nitrogen and oxygen atoms in total. The largest absolute Gasteiger partial charge is 0.444 e. The van der Waals surface area contributed by atoms with Crippen LogP contribution in [0.2, 0.25) is 0 Å². The van der Waals surface area contributed by atoms with Crippen LogP contribution in [0.1, 0.15) is 96.9 Å². The van der Waals surface area contributed by atoms with Crippen molar-refractivity contribution in [3.8, 4) is 0 Å². The maximum atomic E-state index is 14.2. The molecule has 3 amide bonds. The SMILES string of the molecule is CCCCCN(C(=O)C(CCSC)NC(=O)OC(C)(C)C)C(C(=O)NC(C)(C)C)c1ccc(C)cc1C. The molecule has 0 heterocycles. The molecule has 0 aliphatic rings. The zero-order chi connectivity index (χ0) is 28.4. The highest BCUT2D eigenvalue weighted by molar-refractivity contribution is 7.98. The molecule has 37 heavy (non-hydrogen) atoms. The van der Waals surface area contributed by atoms with Crippen LogP contribution in [-0.4, -0.2) is 58.5 Å². The number of hydrogen-bond acceptors (Lipinski definition) is 5. The van der Waals surface area contributed by atoms with Gasteiger partial charge in [-0.15, -0.1) is 0 Å². The summed E-state index contributed by atoms with van der Waals surface area (Å²) in [4.78, 5) is 42.3. The van der Waals surface area contributed by atoms with E-state index in [9.17, 15) is 14.4 Å². The summed E-state index contributed by atoms with van der Waals surface area (Å²) in [6.07, 6.45) is 4.43. The van der Waals surface area contributed by atoms with Gasteiger partial charge in [0.25, 0.3) is 0 Å². The zero-order valence-electron chi connectivity index (χ0n) is 24.6. The first-order valence-electron chi connectivity index (χ1n) is 13.3. The Morgan fingerprint density at radius 3 is 2.22 bits per heavy atom. The summed E-state index contributed by atoms with van der Waals surface area (Å²) in [6, 6.07) is 4.32. The number of nitrogens with one attached hydrogen (secondary N) is 2. The lowest BCUT2D eigenvalue weighted by Gasteiger charge is -2.36. The molecule has 0 radical (unpaired) electrons. The van der Waals surface area contributed by atoms with Crippen LogP contribution in [0.5, 0.6) is 0 Å². The summed E-state index contributed by atoms with van der Waals surface area (Å²) in [5, 5.41) is 5.89. The Morgan fingerprint density at radius 2 is 1.70 bits per heavy atom. The summed E-state index contributed by atoms with van der Waals surface area (Å²) >= 11 is 1.60. The van der Waals surface area contributed by atoms with Gasteiger partial charge in [0.2, 0.25) is 11.8 Å². The third-order valence-electron chi connectivity index (χ3n) is 5.66. The molecule has 0 aliphatic carbocycles. The molecule has 0 saturated carbocycles. The van der Waals surface area contributed by atoms with Crippen LogP contribution in [0, 0.1) is 13.8 Å². The lowest BCUT2D eigenvalue weighted by molar-refractivity contribution is -0.143. The second-order valence-corrected chi connectivity index (χ2v) is 12.7. The number of thioether (sulfide) groups is 1. The van der Waals surface area contributed by atoms with Gasteiger partial charge in [-0.1, -0.05) is 43.5 Å². The Hall–Kier alpha value is -2.22. The van der Waals surface area contributed by atoms with E-state index in [0.29, 0.717) is 18.7 Å². The van der Waals surface area contributed by atoms with Crippen LogP contribution in [-0.2, 0) is 14.3 Å². The van der Waals surface area contributed by atoms with Gasteiger partial charge >= 0.3 is 6.09 Å². The molecule has 1 rings (SSSR count). The maximum Gasteiger partial charge on any atom is 0.408 e. The summed E-state index contributed by atoms with van der Waals surface area (Å²) in [5.41, 5.74) is 1.66. The van der Waals surface area contributed by atoms with Crippen LogP contribution in [0.15, 0.2) is 18.2 Å². The average molecular weight is 536 g/mol. The van der Waals surface area contributed by atoms with Crippen molar-refractivity contribution < 1.29 is 19.1 Å². The standard InChI is InChI=1S/C29H49N3O4S/c1-11-12-13-17-32(26(34)23(16-18-37-10)30-27(35)36-29(7,8)9)24(25(33)31-28(4,5)6)22-15-14-20(2)19-21(22)3/h14-15,19,23-24H,11-13,16-18H2,1-10H3,(H,30,35)(H,31,33). The van der Waals surface area contributed by atoms with Gasteiger partial charge in [0.05, 0.1) is 0 Å². The Balaban J connectivity index is 3.56. The second kappa shape index (κ2) is 14.6. The van der Waals surface area contributed by atoms with Crippen molar-refractivity contribution in [3.05, 3.63) is 34.9 Å². The van der Waals surface area contributed by atoms with E-state index in [0.717, 1.165) is 36.0 Å². The molecule has 0 fully saturated rings. The number of ether oxygens (including phenoxy) is 1. The summed E-state index contributed by atoms with van der Waals surface area (Å²) in [5.74, 6) is 0.174. The van der Waals surface area contributed by atoms with E-state index >= 15 is 0 Å². The lowest BCUT2D eigenvalue weighted by Crippen LogP contribution is -2.55. The Labute approximate surface area is 228 Å². The highest BCUT2D eigenvalue weighted by Gasteiger charge is 2.37. The van der Waals surface area contributed by atoms with E-state index in [1.807, 2.05) is 59.1 Å². The fourth-order valence-electron chi connectivity index (χ4n) is 4.06. The van der Waals surface area contributed by atoms with Crippen molar-refractivity contribution in [3.63, 3.8) is 0 Å². The Bertz CT molecular complexity index is 905. The van der Waals surface area contributed by atoms with Gasteiger partial charge in [0, 0.05) is 12.1 Å². The highest BCUT2D eigenvalue weighted by atomic mass is 32.2. The lowest BCUT2D eigenvalue weighted by atomic mass is 9.95. The fraction of sp³-hybridized carbons (Fsp3) is 0.690. The monoisotopic (exact) mass is 535 g/mol. The molecule has 2 unspecified atom stereocenters. The molecule has 8 heteroatoms. The number of carbonyl (C=O) groups excluding carboxylic acids is 3. The van der Waals surface area contributed by atoms with E-state index in [4.69, 9.17) is 4.74 Å². The fourth-order valence-corrected chi connectivity index (χ4v) is 4.53. The van der Waals surface area contributed by atoms with E-state index < -0.39 is 29.3 Å². The predicted octanol–water partition coefficient (Wildman–Crippen LogP) is 5.92. The number of aryl methyl sites for hydroxylation is 2. The number of hydrogen-bond donors (Lipinski definition) is 2. The summed E-state index contributed by atoms with van der Waals surface area (Å²) in [7, 11) is 0. The molecule has 210 valence electrons. The Morgan fingerprint density at radius 1 is 1.05 bits per heavy atom. The van der Waals surface area contributed by atoms with Crippen molar-refractivity contribution in [2.24, 2.45) is 0 Å². The maximum absolute atomic E-state index is 14.2. The smallest absolute Gasteiger partial charge is 0.408 e. The normalized spacial score (nSPS) is 13.5. The first-order chi connectivity index (χ1) is 17.1. The van der Waals surface area contributed by atoms with Gasteiger partial charge in [-0.05, 0) is 91.4 Å². The van der Waals surface area contributed by atoms with Crippen LogP contribution in [0.3, 0.4) is 0 Å².